The van der Waals surface area contributed by atoms with E-state index in [9.17, 15) is 13.2 Å². The minimum absolute atomic E-state index is 0.0855. The second-order valence-corrected chi connectivity index (χ2v) is 6.51. The van der Waals surface area contributed by atoms with Crippen LogP contribution in [0.3, 0.4) is 0 Å². The van der Waals surface area contributed by atoms with Gasteiger partial charge in [-0.15, -0.1) is 5.92 Å². The molecular formula is C23H25F3O2. The van der Waals surface area contributed by atoms with Gasteiger partial charge in [0.05, 0.1) is 18.3 Å². The predicted octanol–water partition coefficient (Wildman–Crippen LogP) is 6.46. The van der Waals surface area contributed by atoms with Crippen LogP contribution in [0.15, 0.2) is 48.5 Å². The van der Waals surface area contributed by atoms with Gasteiger partial charge in [-0.1, -0.05) is 25.0 Å². The van der Waals surface area contributed by atoms with Gasteiger partial charge in [-0.25, -0.2) is 0 Å². The van der Waals surface area contributed by atoms with Crippen LogP contribution < -0.4 is 9.47 Å². The molecule has 0 radical (unpaired) electrons. The van der Waals surface area contributed by atoms with Crippen molar-refractivity contribution in [3.8, 4) is 23.3 Å². The van der Waals surface area contributed by atoms with Crippen molar-refractivity contribution >= 4 is 0 Å². The van der Waals surface area contributed by atoms with E-state index in [4.69, 9.17) is 9.47 Å². The lowest BCUT2D eigenvalue weighted by atomic mass is 9.97. The molecule has 0 bridgehead atoms. The quantitative estimate of drug-likeness (QED) is 0.482. The summed E-state index contributed by atoms with van der Waals surface area (Å²) < 4.78 is 49.0. The molecular weight excluding hydrogens is 365 g/mol. The van der Waals surface area contributed by atoms with Crippen LogP contribution in [0.5, 0.6) is 11.5 Å². The number of benzene rings is 2. The third-order valence-electron chi connectivity index (χ3n) is 4.32. The molecule has 5 heteroatoms. The molecule has 0 saturated carbocycles. The molecule has 2 rings (SSSR count). The van der Waals surface area contributed by atoms with Crippen molar-refractivity contribution in [2.75, 3.05) is 6.61 Å². The molecule has 2 aromatic carbocycles. The van der Waals surface area contributed by atoms with Gasteiger partial charge < -0.3 is 9.47 Å². The van der Waals surface area contributed by atoms with Crippen molar-refractivity contribution in [3.63, 3.8) is 0 Å². The van der Waals surface area contributed by atoms with Gasteiger partial charge in [0.2, 0.25) is 0 Å². The van der Waals surface area contributed by atoms with Crippen LogP contribution in [0.25, 0.3) is 0 Å². The van der Waals surface area contributed by atoms with E-state index in [-0.39, 0.29) is 12.0 Å². The van der Waals surface area contributed by atoms with E-state index in [0.29, 0.717) is 18.8 Å². The van der Waals surface area contributed by atoms with Gasteiger partial charge in [0.15, 0.2) is 0 Å². The average molecular weight is 390 g/mol. The summed E-state index contributed by atoms with van der Waals surface area (Å²) in [6.45, 7) is 6.24. The summed E-state index contributed by atoms with van der Waals surface area (Å²) in [4.78, 5) is 0. The van der Waals surface area contributed by atoms with Crippen LogP contribution in [-0.4, -0.2) is 12.7 Å². The van der Waals surface area contributed by atoms with Gasteiger partial charge in [-0.3, -0.25) is 0 Å². The first kappa shape index (κ1) is 21.7. The Morgan fingerprint density at radius 3 is 2.11 bits per heavy atom. The Morgan fingerprint density at radius 1 is 0.964 bits per heavy atom. The lowest BCUT2D eigenvalue weighted by Crippen LogP contribution is -2.16. The molecule has 28 heavy (non-hydrogen) atoms. The minimum Gasteiger partial charge on any atom is -0.493 e. The molecule has 0 fully saturated rings. The Morgan fingerprint density at radius 2 is 1.57 bits per heavy atom. The summed E-state index contributed by atoms with van der Waals surface area (Å²) in [5.74, 6) is 7.56. The summed E-state index contributed by atoms with van der Waals surface area (Å²) in [7, 11) is 0. The van der Waals surface area contributed by atoms with Crippen molar-refractivity contribution in [1.82, 2.24) is 0 Å². The van der Waals surface area contributed by atoms with E-state index in [0.717, 1.165) is 24.3 Å². The second kappa shape index (κ2) is 10.1. The monoisotopic (exact) mass is 390 g/mol. The van der Waals surface area contributed by atoms with Crippen molar-refractivity contribution in [2.45, 2.75) is 51.8 Å². The number of ether oxygens (including phenoxy) is 2. The average Bonchev–Trinajstić information content (AvgIpc) is 2.66. The lowest BCUT2D eigenvalue weighted by molar-refractivity contribution is -0.137. The van der Waals surface area contributed by atoms with Crippen molar-refractivity contribution < 1.29 is 22.6 Å². The Hall–Kier alpha value is -2.61. The second-order valence-electron chi connectivity index (χ2n) is 6.51. The van der Waals surface area contributed by atoms with Crippen molar-refractivity contribution in [3.05, 3.63) is 59.7 Å². The molecule has 150 valence electrons. The van der Waals surface area contributed by atoms with Crippen LogP contribution in [0.4, 0.5) is 13.2 Å². The molecule has 0 saturated heterocycles. The number of rotatable bonds is 8. The normalized spacial score (nSPS) is 13.2. The molecule has 0 aromatic heterocycles. The van der Waals surface area contributed by atoms with E-state index >= 15 is 0 Å². The summed E-state index contributed by atoms with van der Waals surface area (Å²) >= 11 is 0. The van der Waals surface area contributed by atoms with E-state index in [1.54, 1.807) is 0 Å². The molecule has 0 aliphatic rings. The zero-order valence-corrected chi connectivity index (χ0v) is 16.3. The van der Waals surface area contributed by atoms with Crippen LogP contribution in [-0.2, 0) is 6.18 Å². The highest BCUT2D eigenvalue weighted by Gasteiger charge is 2.30. The van der Waals surface area contributed by atoms with Crippen LogP contribution >= 0.6 is 0 Å². The van der Waals surface area contributed by atoms with Crippen molar-refractivity contribution in [2.24, 2.45) is 0 Å². The van der Waals surface area contributed by atoms with Crippen molar-refractivity contribution in [1.29, 1.82) is 0 Å². The summed E-state index contributed by atoms with van der Waals surface area (Å²) in [5.41, 5.74) is 0.484. The van der Waals surface area contributed by atoms with Gasteiger partial charge in [0, 0.05) is 12.3 Å². The fourth-order valence-corrected chi connectivity index (χ4v) is 2.75. The number of hydrogen-bond donors (Lipinski definition) is 0. The SMILES string of the molecule is CC#CC(CC)c1ccc(OC(C)CCOc2ccc(C(F)(F)F)cc2)cc1. The third kappa shape index (κ3) is 6.53. The maximum absolute atomic E-state index is 12.5. The topological polar surface area (TPSA) is 18.5 Å². The highest BCUT2D eigenvalue weighted by Crippen LogP contribution is 2.30. The first-order chi connectivity index (χ1) is 13.3. The molecule has 0 spiro atoms. The van der Waals surface area contributed by atoms with Crippen LogP contribution in [0, 0.1) is 11.8 Å². The molecule has 0 aliphatic carbocycles. The summed E-state index contributed by atoms with van der Waals surface area (Å²) in [6, 6.07) is 12.6. The zero-order chi connectivity index (χ0) is 20.6. The fourth-order valence-electron chi connectivity index (χ4n) is 2.75. The Labute approximate surface area is 164 Å². The highest BCUT2D eigenvalue weighted by atomic mass is 19.4. The molecule has 0 N–H and O–H groups in total. The zero-order valence-electron chi connectivity index (χ0n) is 16.3. The first-order valence-corrected chi connectivity index (χ1v) is 9.32. The summed E-state index contributed by atoms with van der Waals surface area (Å²) in [6.07, 6.45) is -2.85. The van der Waals surface area contributed by atoms with Gasteiger partial charge >= 0.3 is 6.18 Å². The Bertz CT molecular complexity index is 784. The number of halogens is 3. The molecule has 2 atom stereocenters. The molecule has 2 aromatic rings. The smallest absolute Gasteiger partial charge is 0.416 e. The van der Waals surface area contributed by atoms with Crippen LogP contribution in [0.2, 0.25) is 0 Å². The molecule has 2 unspecified atom stereocenters. The Balaban J connectivity index is 1.80. The maximum Gasteiger partial charge on any atom is 0.416 e. The number of alkyl halides is 3. The molecule has 0 aliphatic heterocycles. The molecule has 2 nitrogen and oxygen atoms in total. The van der Waals surface area contributed by atoms with Gasteiger partial charge in [0.1, 0.15) is 11.5 Å². The molecule has 0 heterocycles. The van der Waals surface area contributed by atoms with E-state index in [1.807, 2.05) is 38.1 Å². The van der Waals surface area contributed by atoms with Gasteiger partial charge in [-0.05, 0) is 62.2 Å². The third-order valence-corrected chi connectivity index (χ3v) is 4.32. The maximum atomic E-state index is 12.5. The number of hydrogen-bond acceptors (Lipinski definition) is 2. The van der Waals surface area contributed by atoms with Gasteiger partial charge in [-0.2, -0.15) is 13.2 Å². The highest BCUT2D eigenvalue weighted by molar-refractivity contribution is 5.33. The lowest BCUT2D eigenvalue weighted by Gasteiger charge is -2.16. The fraction of sp³-hybridized carbons (Fsp3) is 0.391. The summed E-state index contributed by atoms with van der Waals surface area (Å²) in [5, 5.41) is 0. The standard InChI is InChI=1S/C23H25F3O2/c1-4-6-18(5-2)19-7-11-22(12-8-19)28-17(3)15-16-27-21-13-9-20(10-14-21)23(24,25)26/h7-14,17-18H,5,15-16H2,1-3H3. The van der Waals surface area contributed by atoms with E-state index in [1.165, 1.54) is 17.7 Å². The van der Waals surface area contributed by atoms with Gasteiger partial charge in [0.25, 0.3) is 0 Å². The van der Waals surface area contributed by atoms with Crippen LogP contribution in [0.1, 0.15) is 50.7 Å². The first-order valence-electron chi connectivity index (χ1n) is 9.32. The molecule has 0 amide bonds. The largest absolute Gasteiger partial charge is 0.493 e. The Kier molecular flexibility index (Phi) is 7.80. The minimum atomic E-state index is -4.34. The van der Waals surface area contributed by atoms with E-state index < -0.39 is 11.7 Å². The van der Waals surface area contributed by atoms with E-state index in [2.05, 4.69) is 18.8 Å². The predicted molar refractivity (Wildman–Crippen MR) is 105 cm³/mol.